The van der Waals surface area contributed by atoms with Gasteiger partial charge in [-0.05, 0) is 130 Å². The molecule has 0 bridgehead atoms. The van der Waals surface area contributed by atoms with Crippen LogP contribution in [0.3, 0.4) is 0 Å². The first-order valence-electron chi connectivity index (χ1n) is 21.4. The summed E-state index contributed by atoms with van der Waals surface area (Å²) in [7, 11) is 0. The van der Waals surface area contributed by atoms with Crippen molar-refractivity contribution in [3.05, 3.63) is 97.2 Å². The normalized spacial score (nSPS) is 15.0. The molecule has 2 aliphatic rings. The predicted molar refractivity (Wildman–Crippen MR) is 266 cm³/mol. The van der Waals surface area contributed by atoms with Gasteiger partial charge in [0, 0.05) is 66.0 Å². The molecule has 0 saturated carbocycles. The van der Waals surface area contributed by atoms with E-state index in [9.17, 15) is 9.59 Å². The second-order valence-electron chi connectivity index (χ2n) is 17.8. The van der Waals surface area contributed by atoms with Gasteiger partial charge in [-0.25, -0.2) is 24.1 Å². The van der Waals surface area contributed by atoms with Crippen LogP contribution < -0.4 is 11.1 Å². The molecular weight excluding hydrogens is 1020 g/mol. The highest BCUT2D eigenvalue weighted by atomic mass is 79.9. The molecule has 2 fully saturated rings. The van der Waals surface area contributed by atoms with Crippen LogP contribution in [0.4, 0.5) is 15.4 Å². The number of carbonyl (C=O) groups is 2. The molecule has 0 atom stereocenters. The number of nitrogens with two attached hydrogens (primary N) is 1. The van der Waals surface area contributed by atoms with E-state index in [1.54, 1.807) is 37.3 Å². The average molecular weight is 1080 g/mol. The minimum absolute atomic E-state index is 0.196. The van der Waals surface area contributed by atoms with Crippen LogP contribution >= 0.6 is 66.7 Å². The summed E-state index contributed by atoms with van der Waals surface area (Å²) >= 11 is 25.7. The van der Waals surface area contributed by atoms with E-state index in [0.29, 0.717) is 45.8 Å². The van der Waals surface area contributed by atoms with E-state index < -0.39 is 11.2 Å². The van der Waals surface area contributed by atoms with Crippen LogP contribution in [0.25, 0.3) is 33.8 Å². The summed E-state index contributed by atoms with van der Waals surface area (Å²) in [5.41, 5.74) is 9.33. The number of hydrogen-bond acceptors (Lipinski definition) is 10. The summed E-state index contributed by atoms with van der Waals surface area (Å²) in [4.78, 5) is 36.8. The topological polar surface area (TPSA) is 158 Å². The largest absolute Gasteiger partial charge is 0.444 e. The van der Waals surface area contributed by atoms with Crippen molar-refractivity contribution in [3.8, 4) is 22.5 Å². The number of nitrogens with one attached hydrogen (secondary N) is 1. The van der Waals surface area contributed by atoms with E-state index in [-0.39, 0.29) is 12.2 Å². The van der Waals surface area contributed by atoms with Crippen LogP contribution in [-0.4, -0.2) is 102 Å². The molecule has 65 heavy (non-hydrogen) atoms. The molecule has 2 aromatic carbocycles. The molecule has 2 amide bonds. The van der Waals surface area contributed by atoms with Gasteiger partial charge in [0.25, 0.3) is 0 Å². The zero-order valence-electron chi connectivity index (χ0n) is 37.3. The van der Waals surface area contributed by atoms with Crippen molar-refractivity contribution in [2.24, 2.45) is 17.6 Å². The molecule has 0 radical (unpaired) electrons. The second kappa shape index (κ2) is 22.1. The maximum absolute atomic E-state index is 12.3. The highest BCUT2D eigenvalue weighted by Crippen LogP contribution is 2.32. The number of aromatic nitrogens is 6. The van der Waals surface area contributed by atoms with E-state index in [1.165, 1.54) is 0 Å². The lowest BCUT2D eigenvalue weighted by molar-refractivity contribution is 0.0177. The Kier molecular flexibility index (Phi) is 17.1. The first-order valence-corrected chi connectivity index (χ1v) is 24.2. The zero-order valence-corrected chi connectivity index (χ0v) is 42.8. The molecule has 0 unspecified atom stereocenters. The van der Waals surface area contributed by atoms with E-state index >= 15 is 0 Å². The summed E-state index contributed by atoms with van der Waals surface area (Å²) in [6.45, 7) is 15.8. The first-order chi connectivity index (χ1) is 30.8. The Morgan fingerprint density at radius 1 is 0.692 bits per heavy atom. The Hall–Kier alpha value is -4.19. The zero-order chi connectivity index (χ0) is 47.1. The lowest BCUT2D eigenvalue weighted by Gasteiger charge is -2.33. The highest BCUT2D eigenvalue weighted by Gasteiger charge is 2.28. The van der Waals surface area contributed by atoms with Gasteiger partial charge in [-0.2, -0.15) is 14.7 Å². The first kappa shape index (κ1) is 50.2. The van der Waals surface area contributed by atoms with Gasteiger partial charge in [-0.3, -0.25) is 0 Å². The van der Waals surface area contributed by atoms with E-state index in [2.05, 4.69) is 52.4 Å². The van der Waals surface area contributed by atoms with Gasteiger partial charge in [0.2, 0.25) is 0 Å². The molecule has 0 aliphatic carbocycles. The van der Waals surface area contributed by atoms with E-state index in [0.717, 1.165) is 94.8 Å². The SMILES string of the molecule is CC(C)(C)OC(=O)N1CCC(CN)CC1.CC(C)(C)OC(=O)N1CCC(CNc2cc(-c3ccccc3Cl)nc3c(Br)cnn23)CC1.Clc1ccccc1-c1cc(Cl)n2ncc(Br)c2n1. The van der Waals surface area contributed by atoms with Crippen molar-refractivity contribution in [1.29, 1.82) is 0 Å². The monoisotopic (exact) mass is 1070 g/mol. The fourth-order valence-corrected chi connectivity index (χ4v) is 8.54. The number of piperidine rings is 2. The lowest BCUT2D eigenvalue weighted by atomic mass is 9.97. The molecule has 2 aliphatic heterocycles. The third-order valence-corrected chi connectivity index (χ3v) is 12.6. The van der Waals surface area contributed by atoms with Crippen LogP contribution in [0.5, 0.6) is 0 Å². The van der Waals surface area contributed by atoms with Crippen LogP contribution in [0, 0.1) is 11.8 Å². The van der Waals surface area contributed by atoms with Crippen LogP contribution in [0.2, 0.25) is 15.2 Å². The number of benzene rings is 2. The van der Waals surface area contributed by atoms with E-state index in [4.69, 9.17) is 55.0 Å². The van der Waals surface area contributed by atoms with Gasteiger partial charge in [-0.15, -0.1) is 0 Å². The number of rotatable bonds is 6. The Morgan fingerprint density at radius 3 is 1.58 bits per heavy atom. The Bertz CT molecular complexity index is 2580. The Labute approximate surface area is 411 Å². The maximum atomic E-state index is 12.3. The van der Waals surface area contributed by atoms with Crippen molar-refractivity contribution in [2.75, 3.05) is 44.6 Å². The standard InChI is InChI=1S/C23H27BrClN5O2.C12H6BrCl2N3.C11H22N2O2/c1-23(2,3)32-22(31)29-10-8-15(9-11-29)13-26-20-12-19(16-6-4-5-7-18(16)25)28-21-17(24)14-27-30(20)21;13-8-6-16-18-11(15)5-10(17-12(8)18)7-3-1-2-4-9(7)14;1-11(2,3)15-10(14)13-6-4-9(8-12)5-7-13/h4-7,12,14-15,26H,8-11,13H2,1-3H3;1-6H;9H,4-8,12H2,1-3H3. The van der Waals surface area contributed by atoms with Crippen molar-refractivity contribution >= 4 is 96.0 Å². The number of halogens is 5. The van der Waals surface area contributed by atoms with Crippen LogP contribution in [-0.2, 0) is 9.47 Å². The van der Waals surface area contributed by atoms with Gasteiger partial charge in [-0.1, -0.05) is 71.2 Å². The van der Waals surface area contributed by atoms with Gasteiger partial charge in [0.1, 0.15) is 22.2 Å². The molecule has 4 aromatic heterocycles. The van der Waals surface area contributed by atoms with E-state index in [1.807, 2.05) is 96.1 Å². The van der Waals surface area contributed by atoms with Gasteiger partial charge in [0.15, 0.2) is 11.3 Å². The summed E-state index contributed by atoms with van der Waals surface area (Å²) in [5.74, 6) is 1.87. The molecule has 0 spiro atoms. The number of nitrogens with zero attached hydrogens (tertiary/aromatic N) is 8. The number of carbonyl (C=O) groups excluding carboxylic acids is 2. The maximum Gasteiger partial charge on any atom is 0.410 e. The number of hydrogen-bond donors (Lipinski definition) is 2. The third kappa shape index (κ3) is 13.7. The lowest BCUT2D eigenvalue weighted by Crippen LogP contribution is -2.42. The Morgan fingerprint density at radius 2 is 1.12 bits per heavy atom. The quantitative estimate of drug-likeness (QED) is 0.154. The molecule has 6 aromatic rings. The van der Waals surface area contributed by atoms with Crippen molar-refractivity contribution < 1.29 is 19.1 Å². The summed E-state index contributed by atoms with van der Waals surface area (Å²) in [5, 5.41) is 13.9. The molecular formula is C46H55Br2Cl3N10O4. The van der Waals surface area contributed by atoms with Crippen molar-refractivity contribution in [1.82, 2.24) is 39.0 Å². The fourth-order valence-electron chi connectivity index (χ4n) is 7.15. The summed E-state index contributed by atoms with van der Waals surface area (Å²) in [6, 6.07) is 18.9. The highest BCUT2D eigenvalue weighted by molar-refractivity contribution is 9.11. The molecule has 19 heteroatoms. The van der Waals surface area contributed by atoms with Crippen molar-refractivity contribution in [3.63, 3.8) is 0 Å². The van der Waals surface area contributed by atoms with Crippen LogP contribution in [0.1, 0.15) is 67.2 Å². The molecule has 6 heterocycles. The average Bonchev–Trinajstić information content (AvgIpc) is 3.84. The molecule has 14 nitrogen and oxygen atoms in total. The smallest absolute Gasteiger partial charge is 0.410 e. The van der Waals surface area contributed by atoms with Gasteiger partial charge in [0.05, 0.1) is 32.7 Å². The fraction of sp³-hybridized carbons (Fsp3) is 0.435. The number of fused-ring (bicyclic) bond motifs is 2. The molecule has 3 N–H and O–H groups in total. The molecule has 348 valence electrons. The second-order valence-corrected chi connectivity index (χ2v) is 20.8. The summed E-state index contributed by atoms with van der Waals surface area (Å²) in [6.07, 6.45) is 6.80. The van der Waals surface area contributed by atoms with Gasteiger partial charge >= 0.3 is 12.2 Å². The third-order valence-electron chi connectivity index (χ3n) is 10.6. The number of amides is 2. The molecule has 2 saturated heterocycles. The summed E-state index contributed by atoms with van der Waals surface area (Å²) < 4.78 is 15.8. The van der Waals surface area contributed by atoms with Crippen molar-refractivity contribution in [2.45, 2.75) is 78.4 Å². The number of anilines is 1. The molecule has 8 rings (SSSR count). The van der Waals surface area contributed by atoms with Crippen LogP contribution in [0.15, 0.2) is 82.0 Å². The van der Waals surface area contributed by atoms with Gasteiger partial charge < -0.3 is 30.3 Å². The Balaban J connectivity index is 0.000000179. The minimum Gasteiger partial charge on any atom is -0.444 e. The number of ether oxygens (including phenoxy) is 2. The number of likely N-dealkylation sites (tertiary alicyclic amines) is 2. The predicted octanol–water partition coefficient (Wildman–Crippen LogP) is 11.9. The minimum atomic E-state index is -0.473.